The second-order valence-electron chi connectivity index (χ2n) is 7.79. The molecule has 1 aliphatic rings. The fourth-order valence-corrected chi connectivity index (χ4v) is 4.52. The number of pyridine rings is 1. The summed E-state index contributed by atoms with van der Waals surface area (Å²) in [5, 5.41) is 5.61. The Kier molecular flexibility index (Phi) is 4.83. The third-order valence-electron chi connectivity index (χ3n) is 5.91. The lowest BCUT2D eigenvalue weighted by molar-refractivity contribution is 0.248. The summed E-state index contributed by atoms with van der Waals surface area (Å²) in [7, 11) is 1.88. The van der Waals surface area contributed by atoms with E-state index in [0.29, 0.717) is 29.4 Å². The van der Waals surface area contributed by atoms with Gasteiger partial charge in [0.15, 0.2) is 0 Å². The highest BCUT2D eigenvalue weighted by molar-refractivity contribution is 6.33. The second kappa shape index (κ2) is 7.65. The van der Waals surface area contributed by atoms with E-state index in [1.54, 1.807) is 6.33 Å². The highest BCUT2D eigenvalue weighted by atomic mass is 35.5. The number of nitrogens with zero attached hydrogens (tertiary/aromatic N) is 4. The lowest BCUT2D eigenvalue weighted by Crippen LogP contribution is -2.11. The number of anilines is 2. The van der Waals surface area contributed by atoms with Crippen LogP contribution in [0.5, 0.6) is 5.75 Å². The molecule has 8 heteroatoms. The van der Waals surface area contributed by atoms with Gasteiger partial charge in [-0.3, -0.25) is 0 Å². The summed E-state index contributed by atoms with van der Waals surface area (Å²) in [5.41, 5.74) is 7.60. The van der Waals surface area contributed by atoms with Gasteiger partial charge in [-0.1, -0.05) is 11.6 Å². The maximum absolute atomic E-state index is 6.10. The summed E-state index contributed by atoms with van der Waals surface area (Å²) in [6.45, 7) is 0.682. The minimum absolute atomic E-state index is 0.337. The van der Waals surface area contributed by atoms with Gasteiger partial charge < -0.3 is 20.4 Å². The van der Waals surface area contributed by atoms with Crippen LogP contribution < -0.4 is 15.8 Å². The smallest absolute Gasteiger partial charge is 0.145 e. The van der Waals surface area contributed by atoms with Crippen molar-refractivity contribution in [2.45, 2.75) is 25.3 Å². The van der Waals surface area contributed by atoms with Crippen LogP contribution in [0.4, 0.5) is 11.6 Å². The molecule has 5 rings (SSSR count). The average molecular weight is 423 g/mol. The van der Waals surface area contributed by atoms with Gasteiger partial charge in [0.25, 0.3) is 0 Å². The Morgan fingerprint density at radius 3 is 3.00 bits per heavy atom. The van der Waals surface area contributed by atoms with E-state index in [2.05, 4.69) is 37.1 Å². The van der Waals surface area contributed by atoms with Crippen molar-refractivity contribution >= 4 is 45.2 Å². The van der Waals surface area contributed by atoms with Crippen molar-refractivity contribution in [1.82, 2.24) is 19.5 Å². The van der Waals surface area contributed by atoms with Crippen molar-refractivity contribution in [2.24, 2.45) is 5.92 Å². The van der Waals surface area contributed by atoms with Crippen molar-refractivity contribution < 1.29 is 4.74 Å². The highest BCUT2D eigenvalue weighted by Gasteiger charge is 2.27. The molecule has 1 aliphatic carbocycles. The standard InChI is InChI=1S/C22H23ClN6O/c1-25-21-17-6-7-29(22(17)27-12-26-21)15-4-2-13(8-15)11-30-16-5-3-14-9-18(23)20(24)28-19(14)10-16/h3,5-7,9-10,12-13,15H,2,4,8,11H2,1H3,(H2,24,28)(H,25,26,27). The van der Waals surface area contributed by atoms with Crippen LogP contribution in [0.1, 0.15) is 25.3 Å². The SMILES string of the molecule is CNc1ncnc2c1ccn2C1CCC(COc2ccc3cc(Cl)c(N)nc3c2)C1. The molecule has 7 nitrogen and oxygen atoms in total. The number of nitrogen functional groups attached to an aromatic ring is 1. The topological polar surface area (TPSA) is 90.9 Å². The van der Waals surface area contributed by atoms with E-state index in [1.807, 2.05) is 31.3 Å². The zero-order chi connectivity index (χ0) is 20.7. The monoisotopic (exact) mass is 422 g/mol. The van der Waals surface area contributed by atoms with Crippen molar-refractivity contribution in [3.05, 3.63) is 47.9 Å². The van der Waals surface area contributed by atoms with Crippen LogP contribution in [-0.2, 0) is 0 Å². The van der Waals surface area contributed by atoms with Gasteiger partial charge in [-0.25, -0.2) is 15.0 Å². The Morgan fingerprint density at radius 2 is 2.13 bits per heavy atom. The van der Waals surface area contributed by atoms with E-state index < -0.39 is 0 Å². The van der Waals surface area contributed by atoms with E-state index >= 15 is 0 Å². The fourth-order valence-electron chi connectivity index (χ4n) is 4.36. The molecule has 3 aromatic heterocycles. The molecule has 154 valence electrons. The summed E-state index contributed by atoms with van der Waals surface area (Å²) in [4.78, 5) is 13.2. The van der Waals surface area contributed by atoms with Gasteiger partial charge in [0.05, 0.1) is 22.5 Å². The molecule has 0 amide bonds. The Balaban J connectivity index is 1.27. The number of aromatic nitrogens is 4. The molecule has 3 N–H and O–H groups in total. The molecule has 0 radical (unpaired) electrons. The van der Waals surface area contributed by atoms with Gasteiger partial charge in [-0.2, -0.15) is 0 Å². The number of ether oxygens (including phenoxy) is 1. The van der Waals surface area contributed by atoms with Crippen molar-refractivity contribution in [3.8, 4) is 5.75 Å². The number of benzene rings is 1. The van der Waals surface area contributed by atoms with Crippen molar-refractivity contribution in [1.29, 1.82) is 0 Å². The van der Waals surface area contributed by atoms with Crippen molar-refractivity contribution in [2.75, 3.05) is 24.7 Å². The third kappa shape index (κ3) is 3.39. The average Bonchev–Trinajstić information content (AvgIpc) is 3.39. The molecule has 30 heavy (non-hydrogen) atoms. The first kappa shape index (κ1) is 18.9. The van der Waals surface area contributed by atoms with E-state index in [0.717, 1.165) is 52.8 Å². The van der Waals surface area contributed by atoms with Crippen LogP contribution in [0.15, 0.2) is 42.9 Å². The first-order valence-corrected chi connectivity index (χ1v) is 10.5. The molecule has 1 aromatic carbocycles. The molecule has 2 atom stereocenters. The molecule has 2 unspecified atom stereocenters. The zero-order valence-corrected chi connectivity index (χ0v) is 17.4. The Morgan fingerprint density at radius 1 is 1.23 bits per heavy atom. The summed E-state index contributed by atoms with van der Waals surface area (Å²) < 4.78 is 8.38. The summed E-state index contributed by atoms with van der Waals surface area (Å²) in [6.07, 6.45) is 7.05. The van der Waals surface area contributed by atoms with Crippen molar-refractivity contribution in [3.63, 3.8) is 0 Å². The Hall–Kier alpha value is -3.06. The minimum atomic E-state index is 0.337. The number of nitrogens with one attached hydrogen (secondary N) is 1. The molecule has 0 bridgehead atoms. The maximum atomic E-state index is 6.10. The number of halogens is 1. The van der Waals surface area contributed by atoms with Crippen LogP contribution in [0, 0.1) is 5.92 Å². The molecular formula is C22H23ClN6O. The maximum Gasteiger partial charge on any atom is 0.145 e. The normalized spacial score (nSPS) is 18.9. The number of fused-ring (bicyclic) bond motifs is 2. The van der Waals surface area contributed by atoms with Gasteiger partial charge in [0.1, 0.15) is 29.4 Å². The fraction of sp³-hybridized carbons (Fsp3) is 0.318. The Labute approximate surface area is 179 Å². The first-order chi connectivity index (χ1) is 14.6. The molecule has 0 spiro atoms. The lowest BCUT2D eigenvalue weighted by Gasteiger charge is -2.15. The van der Waals surface area contributed by atoms with E-state index in [4.69, 9.17) is 22.1 Å². The van der Waals surface area contributed by atoms with Gasteiger partial charge in [-0.05, 0) is 49.4 Å². The van der Waals surface area contributed by atoms with E-state index in [-0.39, 0.29) is 0 Å². The summed E-state index contributed by atoms with van der Waals surface area (Å²) in [6, 6.07) is 10.2. The molecule has 1 fully saturated rings. The van der Waals surface area contributed by atoms with Crippen LogP contribution in [-0.4, -0.2) is 33.2 Å². The highest BCUT2D eigenvalue weighted by Crippen LogP contribution is 2.37. The summed E-state index contributed by atoms with van der Waals surface area (Å²) >= 11 is 6.05. The minimum Gasteiger partial charge on any atom is -0.493 e. The third-order valence-corrected chi connectivity index (χ3v) is 6.21. The van der Waals surface area contributed by atoms with E-state index in [9.17, 15) is 0 Å². The van der Waals surface area contributed by atoms with Crippen LogP contribution in [0.3, 0.4) is 0 Å². The molecule has 1 saturated carbocycles. The molecule has 0 saturated heterocycles. The van der Waals surface area contributed by atoms with Crippen LogP contribution in [0.25, 0.3) is 21.9 Å². The zero-order valence-electron chi connectivity index (χ0n) is 16.7. The van der Waals surface area contributed by atoms with Gasteiger partial charge in [0.2, 0.25) is 0 Å². The molecular weight excluding hydrogens is 400 g/mol. The van der Waals surface area contributed by atoms with E-state index in [1.165, 1.54) is 0 Å². The van der Waals surface area contributed by atoms with Gasteiger partial charge >= 0.3 is 0 Å². The molecule has 0 aliphatic heterocycles. The number of hydrogen-bond acceptors (Lipinski definition) is 6. The predicted molar refractivity (Wildman–Crippen MR) is 120 cm³/mol. The number of hydrogen-bond donors (Lipinski definition) is 2. The Bertz CT molecular complexity index is 1220. The van der Waals surface area contributed by atoms with Gasteiger partial charge in [0, 0.05) is 30.7 Å². The second-order valence-corrected chi connectivity index (χ2v) is 8.19. The number of nitrogens with two attached hydrogens (primary N) is 1. The predicted octanol–water partition coefficient (Wildman–Crippen LogP) is 4.68. The van der Waals surface area contributed by atoms with Crippen LogP contribution in [0.2, 0.25) is 5.02 Å². The number of rotatable bonds is 5. The van der Waals surface area contributed by atoms with Gasteiger partial charge in [-0.15, -0.1) is 0 Å². The quantitative estimate of drug-likeness (QED) is 0.485. The molecule has 3 heterocycles. The summed E-state index contributed by atoms with van der Waals surface area (Å²) in [5.74, 6) is 2.50. The first-order valence-electron chi connectivity index (χ1n) is 10.1. The van der Waals surface area contributed by atoms with Crippen LogP contribution >= 0.6 is 11.6 Å². The molecule has 4 aromatic rings. The largest absolute Gasteiger partial charge is 0.493 e. The lowest BCUT2D eigenvalue weighted by atomic mass is 10.1.